The number of benzene rings is 2. The molecule has 1 aliphatic rings. The van der Waals surface area contributed by atoms with Gasteiger partial charge in [0.25, 0.3) is 0 Å². The summed E-state index contributed by atoms with van der Waals surface area (Å²) in [7, 11) is -3.97. The van der Waals surface area contributed by atoms with Gasteiger partial charge in [0, 0.05) is 12.6 Å². The predicted octanol–water partition coefficient (Wildman–Crippen LogP) is 4.25. The molecule has 2 amide bonds. The lowest BCUT2D eigenvalue weighted by molar-refractivity contribution is -0.139. The van der Waals surface area contributed by atoms with Gasteiger partial charge in [-0.2, -0.15) is 0 Å². The van der Waals surface area contributed by atoms with Crippen LogP contribution in [0, 0.1) is 11.6 Å². The highest BCUT2D eigenvalue weighted by atomic mass is 35.5. The molecule has 0 aromatic heterocycles. The molecule has 11 heteroatoms. The highest BCUT2D eigenvalue weighted by Crippen LogP contribution is 2.25. The van der Waals surface area contributed by atoms with Crippen molar-refractivity contribution < 1.29 is 26.8 Å². The molecule has 0 saturated heterocycles. The van der Waals surface area contributed by atoms with Gasteiger partial charge < -0.3 is 10.2 Å². The third-order valence-electron chi connectivity index (χ3n) is 6.26. The molecule has 0 bridgehead atoms. The van der Waals surface area contributed by atoms with Crippen molar-refractivity contribution in [2.24, 2.45) is 0 Å². The zero-order chi connectivity index (χ0) is 26.5. The van der Waals surface area contributed by atoms with Crippen LogP contribution in [0.25, 0.3) is 0 Å². The van der Waals surface area contributed by atoms with Gasteiger partial charge in [-0.15, -0.1) is 0 Å². The van der Waals surface area contributed by atoms with Crippen LogP contribution in [-0.4, -0.2) is 50.0 Å². The largest absolute Gasteiger partial charge is 0.352 e. The van der Waals surface area contributed by atoms with Crippen molar-refractivity contribution in [2.45, 2.75) is 57.7 Å². The molecule has 2 aromatic rings. The van der Waals surface area contributed by atoms with E-state index in [0.29, 0.717) is 5.56 Å². The second-order valence-corrected chi connectivity index (χ2v) is 11.3. The van der Waals surface area contributed by atoms with Crippen molar-refractivity contribution in [3.63, 3.8) is 0 Å². The molecule has 0 aliphatic heterocycles. The number of anilines is 1. The number of hydrogen-bond donors (Lipinski definition) is 1. The maximum atomic E-state index is 13.7. The van der Waals surface area contributed by atoms with Crippen molar-refractivity contribution in [1.82, 2.24) is 10.2 Å². The third kappa shape index (κ3) is 7.39. The monoisotopic (exact) mass is 541 g/mol. The maximum Gasteiger partial charge on any atom is 0.244 e. The topological polar surface area (TPSA) is 86.8 Å². The van der Waals surface area contributed by atoms with Crippen molar-refractivity contribution in [3.05, 3.63) is 64.7 Å². The van der Waals surface area contributed by atoms with Crippen LogP contribution in [0.2, 0.25) is 5.02 Å². The number of amides is 2. The van der Waals surface area contributed by atoms with Crippen molar-refractivity contribution in [1.29, 1.82) is 0 Å². The second-order valence-electron chi connectivity index (χ2n) is 9.04. The van der Waals surface area contributed by atoms with Crippen molar-refractivity contribution in [3.8, 4) is 0 Å². The molecule has 1 N–H and O–H groups in total. The van der Waals surface area contributed by atoms with Crippen LogP contribution < -0.4 is 9.62 Å². The number of rotatable bonds is 9. The van der Waals surface area contributed by atoms with Gasteiger partial charge in [0.1, 0.15) is 24.2 Å². The van der Waals surface area contributed by atoms with E-state index in [1.807, 2.05) is 0 Å². The number of halogens is 3. The Balaban J connectivity index is 1.87. The summed E-state index contributed by atoms with van der Waals surface area (Å²) in [5, 5.41) is 2.70. The fourth-order valence-electron chi connectivity index (χ4n) is 4.19. The van der Waals surface area contributed by atoms with Crippen molar-refractivity contribution >= 4 is 39.1 Å². The Morgan fingerprint density at radius 3 is 2.31 bits per heavy atom. The summed E-state index contributed by atoms with van der Waals surface area (Å²) in [5.41, 5.74) is 0.580. The molecule has 2 aromatic carbocycles. The van der Waals surface area contributed by atoms with Crippen LogP contribution >= 0.6 is 11.6 Å². The molecule has 1 saturated carbocycles. The minimum atomic E-state index is -3.97. The van der Waals surface area contributed by atoms with E-state index in [1.165, 1.54) is 35.2 Å². The zero-order valence-corrected chi connectivity index (χ0v) is 21.8. The molecule has 196 valence electrons. The van der Waals surface area contributed by atoms with Crippen LogP contribution in [-0.2, 0) is 26.2 Å². The van der Waals surface area contributed by atoms with Gasteiger partial charge >= 0.3 is 0 Å². The smallest absolute Gasteiger partial charge is 0.244 e. The lowest BCUT2D eigenvalue weighted by atomic mass is 9.95. The summed E-state index contributed by atoms with van der Waals surface area (Å²) < 4.78 is 53.0. The van der Waals surface area contributed by atoms with Gasteiger partial charge in [0.2, 0.25) is 21.8 Å². The molecule has 0 heterocycles. The number of carbonyl (C=O) groups excluding carboxylic acids is 2. The van der Waals surface area contributed by atoms with E-state index in [4.69, 9.17) is 11.6 Å². The second kappa shape index (κ2) is 12.0. The molecular formula is C25H30ClF2N3O4S. The first kappa shape index (κ1) is 27.9. The molecule has 1 unspecified atom stereocenters. The zero-order valence-electron chi connectivity index (χ0n) is 20.2. The van der Waals surface area contributed by atoms with Crippen molar-refractivity contribution in [2.75, 3.05) is 17.1 Å². The highest BCUT2D eigenvalue weighted by molar-refractivity contribution is 7.92. The quantitative estimate of drug-likeness (QED) is 0.514. The van der Waals surface area contributed by atoms with E-state index in [-0.39, 0.29) is 29.2 Å². The van der Waals surface area contributed by atoms with Gasteiger partial charge in [-0.1, -0.05) is 43.0 Å². The average Bonchev–Trinajstić information content (AvgIpc) is 2.83. The Morgan fingerprint density at radius 2 is 1.72 bits per heavy atom. The number of hydrogen-bond acceptors (Lipinski definition) is 4. The van der Waals surface area contributed by atoms with E-state index in [0.717, 1.165) is 54.8 Å². The summed E-state index contributed by atoms with van der Waals surface area (Å²) in [6, 6.07) is 7.91. The van der Waals surface area contributed by atoms with Gasteiger partial charge in [0.05, 0.1) is 17.0 Å². The summed E-state index contributed by atoms with van der Waals surface area (Å²) in [6.07, 6.45) is 5.78. The number of nitrogens with one attached hydrogen (secondary N) is 1. The first-order valence-electron chi connectivity index (χ1n) is 11.7. The summed E-state index contributed by atoms with van der Waals surface area (Å²) in [4.78, 5) is 27.8. The van der Waals surface area contributed by atoms with Crippen LogP contribution in [0.5, 0.6) is 0 Å². The average molecular weight is 542 g/mol. The Hall–Kier alpha value is -2.72. The standard InChI is InChI=1S/C25H30ClF2N3O4S/c1-17(25(33)29-20-6-4-3-5-7-20)30(15-18-8-10-19(27)11-9-18)24(32)16-31(36(2,34)35)21-12-13-23(28)22(26)14-21/h8-14,17,20H,3-7,15-16H2,1-2H3,(H,29,33). The van der Waals surface area contributed by atoms with E-state index < -0.39 is 40.2 Å². The summed E-state index contributed by atoms with van der Waals surface area (Å²) in [5.74, 6) is -2.19. The summed E-state index contributed by atoms with van der Waals surface area (Å²) in [6.45, 7) is 0.891. The number of nitrogens with zero attached hydrogens (tertiary/aromatic N) is 2. The molecule has 1 fully saturated rings. The maximum absolute atomic E-state index is 13.7. The lowest BCUT2D eigenvalue weighted by Gasteiger charge is -2.33. The Labute approximate surface area is 215 Å². The van der Waals surface area contributed by atoms with E-state index in [1.54, 1.807) is 6.92 Å². The molecule has 36 heavy (non-hydrogen) atoms. The first-order chi connectivity index (χ1) is 17.0. The fourth-order valence-corrected chi connectivity index (χ4v) is 5.21. The van der Waals surface area contributed by atoms with Gasteiger partial charge in [-0.05, 0) is 55.7 Å². The predicted molar refractivity (Wildman–Crippen MR) is 135 cm³/mol. The van der Waals surface area contributed by atoms with E-state index in [2.05, 4.69) is 5.32 Å². The molecule has 0 radical (unpaired) electrons. The molecule has 0 spiro atoms. The highest BCUT2D eigenvalue weighted by Gasteiger charge is 2.31. The molecule has 3 rings (SSSR count). The van der Waals surface area contributed by atoms with Crippen LogP contribution in [0.15, 0.2) is 42.5 Å². The van der Waals surface area contributed by atoms with Gasteiger partial charge in [-0.25, -0.2) is 17.2 Å². The molecule has 7 nitrogen and oxygen atoms in total. The SMILES string of the molecule is CC(C(=O)NC1CCCCC1)N(Cc1ccc(F)cc1)C(=O)CN(c1ccc(F)c(Cl)c1)S(C)(=O)=O. The minimum Gasteiger partial charge on any atom is -0.352 e. The summed E-state index contributed by atoms with van der Waals surface area (Å²) >= 11 is 5.84. The number of sulfonamides is 1. The van der Waals surface area contributed by atoms with E-state index in [9.17, 15) is 26.8 Å². The Kier molecular flexibility index (Phi) is 9.30. The first-order valence-corrected chi connectivity index (χ1v) is 14.0. The normalized spacial score (nSPS) is 15.2. The minimum absolute atomic E-state index is 0.0123. The van der Waals surface area contributed by atoms with Crippen LogP contribution in [0.4, 0.5) is 14.5 Å². The third-order valence-corrected chi connectivity index (χ3v) is 7.69. The van der Waals surface area contributed by atoms with Gasteiger partial charge in [0.15, 0.2) is 0 Å². The molecule has 1 atom stereocenters. The Morgan fingerprint density at radius 1 is 1.08 bits per heavy atom. The fraction of sp³-hybridized carbons (Fsp3) is 0.440. The molecular weight excluding hydrogens is 512 g/mol. The van der Waals surface area contributed by atoms with Gasteiger partial charge in [-0.3, -0.25) is 13.9 Å². The van der Waals surface area contributed by atoms with Crippen LogP contribution in [0.1, 0.15) is 44.6 Å². The molecule has 1 aliphatic carbocycles. The van der Waals surface area contributed by atoms with E-state index >= 15 is 0 Å². The van der Waals surface area contributed by atoms with Crippen LogP contribution in [0.3, 0.4) is 0 Å². The Bertz CT molecular complexity index is 1190. The number of carbonyl (C=O) groups is 2. The lowest BCUT2D eigenvalue weighted by Crippen LogP contribution is -2.52.